The summed E-state index contributed by atoms with van der Waals surface area (Å²) in [7, 11) is 2.03. The molecule has 5 aromatic rings. The first-order valence-corrected chi connectivity index (χ1v) is 15.6. The number of benzene rings is 4. The van der Waals surface area contributed by atoms with Gasteiger partial charge in [0.15, 0.2) is 5.78 Å². The van der Waals surface area contributed by atoms with E-state index in [0.29, 0.717) is 22.2 Å². The monoisotopic (exact) mass is 584 g/mol. The van der Waals surface area contributed by atoms with Crippen molar-refractivity contribution in [3.05, 3.63) is 163 Å². The maximum atomic E-state index is 14.2. The Bertz CT molecular complexity index is 2040. The zero-order chi connectivity index (χ0) is 28.8. The number of carbonyl (C=O) groups excluding carboxylic acids is 1. The van der Waals surface area contributed by atoms with Crippen molar-refractivity contribution in [1.82, 2.24) is 9.47 Å². The Morgan fingerprint density at radius 3 is 2.00 bits per heavy atom. The van der Waals surface area contributed by atoms with Gasteiger partial charge in [0.1, 0.15) is 14.2 Å². The van der Waals surface area contributed by atoms with Crippen LogP contribution in [-0.4, -0.2) is 22.3 Å². The average Bonchev–Trinajstić information content (AvgIpc) is 3.66. The summed E-state index contributed by atoms with van der Waals surface area (Å²) in [5.41, 5.74) is 6.65. The number of thiazole rings is 1. The molecule has 1 unspecified atom stereocenters. The Balaban J connectivity index is 1.50. The quantitative estimate of drug-likeness (QED) is 0.246. The molecule has 1 aromatic heterocycles. The first kappa shape index (κ1) is 26.5. The van der Waals surface area contributed by atoms with Crippen LogP contribution in [0, 0.1) is 0 Å². The minimum Gasteiger partial charge on any atom is -0.336 e. The second-order valence-corrected chi connectivity index (χ2v) is 12.3. The van der Waals surface area contributed by atoms with Crippen LogP contribution in [-0.2, 0) is 6.54 Å². The zero-order valence-electron chi connectivity index (χ0n) is 23.3. The number of thioether (sulfide) groups is 1. The van der Waals surface area contributed by atoms with Crippen LogP contribution in [0.2, 0.25) is 0 Å². The lowest BCUT2D eigenvalue weighted by molar-refractivity contribution is 0.105. The standard InChI is InChI=1S/C36H28N2O2S2/c1-3-38-34(40)33(36-37(2)30(24-17-9-5-10-18-24)32(41-36)25-19-11-6-12-20-25)42-35(38)29-28(23-15-7-4-8-16-23)26-21-13-14-22-27(26)31(29)39/h4-22,28H,3H2,1-2H3/b35-29-,36-33+. The molecule has 0 radical (unpaired) electrons. The third-order valence-corrected chi connectivity index (χ3v) is 10.6. The van der Waals surface area contributed by atoms with Gasteiger partial charge in [0.25, 0.3) is 5.56 Å². The topological polar surface area (TPSA) is 42.3 Å². The summed E-state index contributed by atoms with van der Waals surface area (Å²) >= 11 is 3.07. The maximum absolute atomic E-state index is 14.2. The zero-order valence-corrected chi connectivity index (χ0v) is 24.9. The first-order chi connectivity index (χ1) is 20.6. The Hall–Kier alpha value is -4.39. The first-order valence-electron chi connectivity index (χ1n) is 14.0. The predicted molar refractivity (Wildman–Crippen MR) is 174 cm³/mol. The highest BCUT2D eigenvalue weighted by Gasteiger charge is 2.37. The highest BCUT2D eigenvalue weighted by atomic mass is 32.2. The molecular weight excluding hydrogens is 557 g/mol. The normalized spacial score (nSPS) is 19.0. The molecule has 7 rings (SSSR count). The van der Waals surface area contributed by atoms with Gasteiger partial charge in [-0.05, 0) is 29.2 Å². The summed E-state index contributed by atoms with van der Waals surface area (Å²) in [4.78, 5) is 31.5. The van der Waals surface area contributed by atoms with Crippen molar-refractivity contribution in [2.45, 2.75) is 19.4 Å². The van der Waals surface area contributed by atoms with E-state index in [1.54, 1.807) is 16.3 Å². The van der Waals surface area contributed by atoms with E-state index >= 15 is 0 Å². The number of ketones is 1. The second kappa shape index (κ2) is 10.8. The van der Waals surface area contributed by atoms with Gasteiger partial charge in [-0.3, -0.25) is 14.2 Å². The van der Waals surface area contributed by atoms with Crippen molar-refractivity contribution in [3.63, 3.8) is 0 Å². The molecule has 1 aliphatic carbocycles. The van der Waals surface area contributed by atoms with E-state index in [9.17, 15) is 9.59 Å². The molecule has 0 spiro atoms. The van der Waals surface area contributed by atoms with Gasteiger partial charge in [0.05, 0.1) is 5.70 Å². The van der Waals surface area contributed by atoms with Crippen molar-refractivity contribution in [2.75, 3.05) is 7.05 Å². The molecule has 42 heavy (non-hydrogen) atoms. The molecule has 0 bridgehead atoms. The van der Waals surface area contributed by atoms with E-state index in [1.165, 1.54) is 11.3 Å². The van der Waals surface area contributed by atoms with Crippen LogP contribution in [0.1, 0.15) is 45.5 Å². The van der Waals surface area contributed by atoms with Crippen LogP contribution in [0.15, 0.2) is 120 Å². The number of nitrogens with zero attached hydrogens (tertiary/aromatic N) is 2. The Morgan fingerprint density at radius 2 is 1.33 bits per heavy atom. The van der Waals surface area contributed by atoms with Crippen LogP contribution >= 0.6 is 23.1 Å². The summed E-state index contributed by atoms with van der Waals surface area (Å²) in [5.74, 6) is -0.226. The lowest BCUT2D eigenvalue weighted by atomic mass is 9.90. The summed E-state index contributed by atoms with van der Waals surface area (Å²) in [6, 6.07) is 38.6. The van der Waals surface area contributed by atoms with Gasteiger partial charge in [-0.1, -0.05) is 127 Å². The van der Waals surface area contributed by atoms with E-state index in [1.807, 2.05) is 92.8 Å². The minimum absolute atomic E-state index is 0.0000400. The van der Waals surface area contributed by atoms with Crippen LogP contribution in [0.25, 0.3) is 21.2 Å². The molecular formula is C36H28N2O2S2. The smallest absolute Gasteiger partial charge is 0.271 e. The number of fused-ring (bicyclic) bond motifs is 1. The van der Waals surface area contributed by atoms with E-state index < -0.39 is 0 Å². The third-order valence-electron chi connectivity index (χ3n) is 7.94. The van der Waals surface area contributed by atoms with Gasteiger partial charge < -0.3 is 4.90 Å². The molecule has 1 aliphatic heterocycles. The van der Waals surface area contributed by atoms with Gasteiger partial charge in [-0.25, -0.2) is 0 Å². The van der Waals surface area contributed by atoms with E-state index in [0.717, 1.165) is 42.5 Å². The van der Waals surface area contributed by atoms with Crippen molar-refractivity contribution in [3.8, 4) is 0 Å². The number of Topliss-reactive ketones (excluding diaryl/α,β-unsaturated/α-hetero) is 1. The number of rotatable bonds is 4. The average molecular weight is 585 g/mol. The van der Waals surface area contributed by atoms with E-state index in [-0.39, 0.29) is 17.3 Å². The molecule has 0 saturated heterocycles. The predicted octanol–water partition coefficient (Wildman–Crippen LogP) is 6.38. The lowest BCUT2D eigenvalue weighted by Gasteiger charge is -2.17. The molecule has 0 N–H and O–H groups in total. The number of hydrogen-bond acceptors (Lipinski definition) is 5. The molecule has 0 fully saturated rings. The SMILES string of the molecule is CCn1c(=O)/c(=C2\SC(c3ccccc3)=C(c3ccccc3)N2C)s/c1=C1\C(=O)c2ccccc2C1c1ccccc1. The molecule has 4 nitrogen and oxygen atoms in total. The Labute approximate surface area is 252 Å². The molecule has 0 saturated carbocycles. The Kier molecular flexibility index (Phi) is 6.81. The molecule has 1 atom stereocenters. The molecule has 6 heteroatoms. The van der Waals surface area contributed by atoms with Gasteiger partial charge in [-0.15, -0.1) is 11.3 Å². The summed E-state index contributed by atoms with van der Waals surface area (Å²) in [6.07, 6.45) is 0. The largest absolute Gasteiger partial charge is 0.336 e. The van der Waals surface area contributed by atoms with Crippen LogP contribution in [0.3, 0.4) is 0 Å². The maximum Gasteiger partial charge on any atom is 0.271 e. The van der Waals surface area contributed by atoms with Gasteiger partial charge in [0.2, 0.25) is 0 Å². The lowest BCUT2D eigenvalue weighted by Crippen LogP contribution is -2.34. The van der Waals surface area contributed by atoms with Crippen LogP contribution < -0.4 is 14.8 Å². The molecule has 2 heterocycles. The van der Waals surface area contributed by atoms with Crippen molar-refractivity contribution < 1.29 is 4.79 Å². The number of aromatic nitrogens is 1. The minimum atomic E-state index is -0.226. The summed E-state index contributed by atoms with van der Waals surface area (Å²) in [6.45, 7) is 2.46. The van der Waals surface area contributed by atoms with E-state index in [2.05, 4.69) is 41.3 Å². The Morgan fingerprint density at radius 1 is 0.738 bits per heavy atom. The molecule has 0 amide bonds. The number of carbonyl (C=O) groups is 1. The number of hydrogen-bond donors (Lipinski definition) is 0. The van der Waals surface area contributed by atoms with Crippen molar-refractivity contribution in [1.29, 1.82) is 0 Å². The summed E-state index contributed by atoms with van der Waals surface area (Å²) < 4.78 is 3.18. The fourth-order valence-corrected chi connectivity index (χ4v) is 8.72. The molecule has 206 valence electrons. The third kappa shape index (κ3) is 4.21. The van der Waals surface area contributed by atoms with Crippen LogP contribution in [0.4, 0.5) is 0 Å². The fourth-order valence-electron chi connectivity index (χ4n) is 6.00. The van der Waals surface area contributed by atoms with Crippen molar-refractivity contribution in [2.24, 2.45) is 0 Å². The fraction of sp³-hybridized carbons (Fsp3) is 0.111. The second-order valence-electron chi connectivity index (χ2n) is 10.3. The van der Waals surface area contributed by atoms with E-state index in [4.69, 9.17) is 0 Å². The summed E-state index contributed by atoms with van der Waals surface area (Å²) in [5, 5.41) is 0.885. The van der Waals surface area contributed by atoms with Crippen molar-refractivity contribution >= 4 is 50.1 Å². The highest BCUT2D eigenvalue weighted by Crippen LogP contribution is 2.50. The molecule has 2 aliphatic rings. The highest BCUT2D eigenvalue weighted by molar-refractivity contribution is 8.16. The van der Waals surface area contributed by atoms with Gasteiger partial charge >= 0.3 is 0 Å². The van der Waals surface area contributed by atoms with Crippen LogP contribution in [0.5, 0.6) is 0 Å². The van der Waals surface area contributed by atoms with Gasteiger partial charge in [-0.2, -0.15) is 0 Å². The molecule has 4 aromatic carbocycles. The van der Waals surface area contributed by atoms with Gasteiger partial charge in [0, 0.05) is 35.6 Å².